The Morgan fingerprint density at radius 3 is 3.00 bits per heavy atom. The van der Waals surface area contributed by atoms with E-state index in [0.29, 0.717) is 11.0 Å². The molecule has 0 fully saturated rings. The normalized spacial score (nSPS) is 15.0. The first-order chi connectivity index (χ1) is 9.11. The van der Waals surface area contributed by atoms with Gasteiger partial charge in [0.15, 0.2) is 5.13 Å². The maximum Gasteiger partial charge on any atom is 0.205 e. The lowest BCUT2D eigenvalue weighted by atomic mass is 10.1. The van der Waals surface area contributed by atoms with Gasteiger partial charge in [0.1, 0.15) is 5.82 Å². The molecule has 0 saturated heterocycles. The molecule has 0 atom stereocenters. The molecule has 3 heterocycles. The van der Waals surface area contributed by atoms with E-state index in [9.17, 15) is 0 Å². The number of hydrogen-bond donors (Lipinski definition) is 1. The lowest BCUT2D eigenvalue weighted by Gasteiger charge is -2.24. The molecule has 0 amide bonds. The van der Waals surface area contributed by atoms with Gasteiger partial charge in [-0.15, -0.1) is 11.3 Å². The molecular weight excluding hydrogens is 278 g/mol. The van der Waals surface area contributed by atoms with Gasteiger partial charge >= 0.3 is 0 Å². The van der Waals surface area contributed by atoms with Gasteiger partial charge in [-0.05, 0) is 5.92 Å². The van der Waals surface area contributed by atoms with Crippen LogP contribution < -0.4 is 10.6 Å². The van der Waals surface area contributed by atoms with Crippen LogP contribution in [0.1, 0.15) is 30.2 Å². The van der Waals surface area contributed by atoms with Gasteiger partial charge in [-0.3, -0.25) is 0 Å². The summed E-state index contributed by atoms with van der Waals surface area (Å²) in [5.74, 6) is 1.56. The predicted molar refractivity (Wildman–Crippen MR) is 79.7 cm³/mol. The van der Waals surface area contributed by atoms with Crippen LogP contribution in [-0.2, 0) is 19.4 Å². The highest BCUT2D eigenvalue weighted by Gasteiger charge is 2.22. The van der Waals surface area contributed by atoms with Crippen molar-refractivity contribution < 1.29 is 0 Å². The molecule has 0 bridgehead atoms. The summed E-state index contributed by atoms with van der Waals surface area (Å²) in [4.78, 5) is 12.5. The highest BCUT2D eigenvalue weighted by atomic mass is 32.1. The number of nitrogens with zero attached hydrogens (tertiary/aromatic N) is 4. The number of nitrogen functional groups attached to an aromatic ring is 1. The van der Waals surface area contributed by atoms with Crippen molar-refractivity contribution in [2.45, 2.75) is 33.2 Å². The zero-order chi connectivity index (χ0) is 13.4. The van der Waals surface area contributed by atoms with Gasteiger partial charge in [0.05, 0.1) is 12.2 Å². The van der Waals surface area contributed by atoms with Gasteiger partial charge in [-0.2, -0.15) is 4.37 Å². The topological polar surface area (TPSA) is 67.9 Å². The maximum atomic E-state index is 5.76. The average Bonchev–Trinajstić information content (AvgIpc) is 2.92. The summed E-state index contributed by atoms with van der Waals surface area (Å²) in [6.45, 7) is 6.19. The molecule has 0 aromatic carbocycles. The van der Waals surface area contributed by atoms with Crippen molar-refractivity contribution in [3.05, 3.63) is 16.4 Å². The van der Waals surface area contributed by atoms with Crippen molar-refractivity contribution in [1.29, 1.82) is 0 Å². The third-order valence-electron chi connectivity index (χ3n) is 3.07. The van der Waals surface area contributed by atoms with E-state index in [4.69, 9.17) is 5.73 Å². The summed E-state index contributed by atoms with van der Waals surface area (Å²) in [6.07, 6.45) is 1.89. The zero-order valence-electron chi connectivity index (χ0n) is 11.1. The molecule has 0 aliphatic carbocycles. The van der Waals surface area contributed by atoms with E-state index in [1.54, 1.807) is 11.3 Å². The molecule has 0 spiro atoms. The second-order valence-corrected chi connectivity index (χ2v) is 7.03. The number of thiazole rings is 1. The number of aromatic nitrogens is 3. The van der Waals surface area contributed by atoms with Crippen LogP contribution in [0.25, 0.3) is 0 Å². The first-order valence-electron chi connectivity index (χ1n) is 6.43. The third-order valence-corrected chi connectivity index (χ3v) is 4.79. The Bertz CT molecular complexity index is 574. The summed E-state index contributed by atoms with van der Waals surface area (Å²) in [7, 11) is 0. The van der Waals surface area contributed by atoms with Crippen LogP contribution in [0, 0.1) is 5.92 Å². The molecule has 5 nitrogen and oxygen atoms in total. The van der Waals surface area contributed by atoms with Gasteiger partial charge in [0.25, 0.3) is 0 Å². The van der Waals surface area contributed by atoms with Gasteiger partial charge in [-0.1, -0.05) is 13.8 Å². The Hall–Kier alpha value is -1.21. The smallest absolute Gasteiger partial charge is 0.205 e. The second-order valence-electron chi connectivity index (χ2n) is 5.18. The van der Waals surface area contributed by atoms with Crippen LogP contribution in [0.3, 0.4) is 0 Å². The molecule has 19 heavy (non-hydrogen) atoms. The molecule has 7 heteroatoms. The van der Waals surface area contributed by atoms with Crippen LogP contribution >= 0.6 is 22.9 Å². The molecule has 2 aromatic rings. The van der Waals surface area contributed by atoms with E-state index in [-0.39, 0.29) is 0 Å². The Kier molecular flexibility index (Phi) is 3.40. The quantitative estimate of drug-likeness (QED) is 0.941. The molecule has 2 N–H and O–H groups in total. The number of fused-ring (bicyclic) bond motifs is 1. The van der Waals surface area contributed by atoms with Crippen molar-refractivity contribution in [1.82, 2.24) is 14.3 Å². The zero-order valence-corrected chi connectivity index (χ0v) is 12.7. The molecule has 102 valence electrons. The van der Waals surface area contributed by atoms with Gasteiger partial charge in [0, 0.05) is 35.8 Å². The highest BCUT2D eigenvalue weighted by molar-refractivity contribution is 7.15. The number of nitrogens with two attached hydrogens (primary N) is 1. The Balaban J connectivity index is 1.75. The van der Waals surface area contributed by atoms with Crippen LogP contribution in [0.5, 0.6) is 0 Å². The van der Waals surface area contributed by atoms with E-state index in [1.807, 2.05) is 0 Å². The summed E-state index contributed by atoms with van der Waals surface area (Å²) < 4.78 is 4.44. The largest absolute Gasteiger partial charge is 0.375 e. The van der Waals surface area contributed by atoms with Crippen molar-refractivity contribution in [3.63, 3.8) is 0 Å². The van der Waals surface area contributed by atoms with E-state index >= 15 is 0 Å². The van der Waals surface area contributed by atoms with Crippen LogP contribution in [-0.4, -0.2) is 20.9 Å². The molecule has 3 rings (SSSR count). The monoisotopic (exact) mass is 295 g/mol. The Morgan fingerprint density at radius 2 is 2.21 bits per heavy atom. The molecular formula is C12H17N5S2. The lowest BCUT2D eigenvalue weighted by molar-refractivity contribution is 0.625. The Labute approximate surface area is 120 Å². The minimum atomic E-state index is 0.594. The van der Waals surface area contributed by atoms with Crippen molar-refractivity contribution in [2.75, 3.05) is 17.2 Å². The van der Waals surface area contributed by atoms with Crippen LogP contribution in [0.15, 0.2) is 0 Å². The lowest BCUT2D eigenvalue weighted by Crippen LogP contribution is -2.29. The second kappa shape index (κ2) is 5.05. The van der Waals surface area contributed by atoms with E-state index in [0.717, 1.165) is 42.6 Å². The minimum Gasteiger partial charge on any atom is -0.375 e. The standard InChI is InChI=1S/C12H17N5S2/c1-7(2)5-10-15-12(19-16-10)17-4-3-8-9(6-17)18-11(13)14-8/h7H,3-6H2,1-2H3,(H2,13,14). The Morgan fingerprint density at radius 1 is 1.37 bits per heavy atom. The molecule has 1 aliphatic heterocycles. The fraction of sp³-hybridized carbons (Fsp3) is 0.583. The number of anilines is 2. The summed E-state index contributed by atoms with van der Waals surface area (Å²) in [5, 5.41) is 1.69. The molecule has 2 aromatic heterocycles. The summed E-state index contributed by atoms with van der Waals surface area (Å²) in [5.41, 5.74) is 6.92. The van der Waals surface area contributed by atoms with Gasteiger partial charge < -0.3 is 10.6 Å². The fourth-order valence-corrected chi connectivity index (χ4v) is 3.81. The fourth-order valence-electron chi connectivity index (χ4n) is 2.20. The highest BCUT2D eigenvalue weighted by Crippen LogP contribution is 2.30. The van der Waals surface area contributed by atoms with Crippen molar-refractivity contribution >= 4 is 33.1 Å². The third kappa shape index (κ3) is 2.71. The van der Waals surface area contributed by atoms with Gasteiger partial charge in [-0.25, -0.2) is 9.97 Å². The first-order valence-corrected chi connectivity index (χ1v) is 8.02. The molecule has 0 saturated carbocycles. The van der Waals surface area contributed by atoms with E-state index in [1.165, 1.54) is 16.4 Å². The van der Waals surface area contributed by atoms with E-state index in [2.05, 4.69) is 33.1 Å². The average molecular weight is 295 g/mol. The molecule has 0 unspecified atom stereocenters. The van der Waals surface area contributed by atoms with E-state index < -0.39 is 0 Å². The molecule has 1 aliphatic rings. The van der Waals surface area contributed by atoms with Crippen molar-refractivity contribution in [2.24, 2.45) is 5.92 Å². The summed E-state index contributed by atoms with van der Waals surface area (Å²) in [6, 6.07) is 0. The maximum absolute atomic E-state index is 5.76. The van der Waals surface area contributed by atoms with Crippen molar-refractivity contribution in [3.8, 4) is 0 Å². The minimum absolute atomic E-state index is 0.594. The SMILES string of the molecule is CC(C)Cc1nsc(N2CCc3nc(N)sc3C2)n1. The first kappa shape index (κ1) is 12.8. The number of hydrogen-bond acceptors (Lipinski definition) is 7. The molecule has 0 radical (unpaired) electrons. The van der Waals surface area contributed by atoms with Crippen LogP contribution in [0.2, 0.25) is 0 Å². The number of rotatable bonds is 3. The van der Waals surface area contributed by atoms with Gasteiger partial charge in [0.2, 0.25) is 5.13 Å². The van der Waals surface area contributed by atoms with Crippen LogP contribution in [0.4, 0.5) is 10.3 Å². The summed E-state index contributed by atoms with van der Waals surface area (Å²) >= 11 is 3.08. The predicted octanol–water partition coefficient (Wildman–Crippen LogP) is 2.34.